The average molecular weight is 500 g/mol. The first-order valence-corrected chi connectivity index (χ1v) is 12.6. The summed E-state index contributed by atoms with van der Waals surface area (Å²) in [6.45, 7) is 3.17. The fourth-order valence-electron chi connectivity index (χ4n) is 3.36. The predicted octanol–water partition coefficient (Wildman–Crippen LogP) is 3.62. The van der Waals surface area contributed by atoms with Gasteiger partial charge in [-0.2, -0.15) is 0 Å². The molecule has 2 amide bonds. The number of para-hydroxylation sites is 1. The lowest BCUT2D eigenvalue weighted by atomic mass is 10.1. The van der Waals surface area contributed by atoms with Crippen molar-refractivity contribution < 1.29 is 18.0 Å². The summed E-state index contributed by atoms with van der Waals surface area (Å²) in [6.07, 6.45) is 1.39. The minimum atomic E-state index is -3.77. The maximum atomic E-state index is 13.4. The highest BCUT2D eigenvalue weighted by molar-refractivity contribution is 7.92. The van der Waals surface area contributed by atoms with Crippen LogP contribution in [0.4, 0.5) is 5.69 Å². The van der Waals surface area contributed by atoms with Crippen molar-refractivity contribution in [3.05, 3.63) is 63.6 Å². The van der Waals surface area contributed by atoms with E-state index in [0.29, 0.717) is 33.3 Å². The molecule has 0 aliphatic rings. The Morgan fingerprint density at radius 2 is 1.75 bits per heavy atom. The van der Waals surface area contributed by atoms with E-state index in [2.05, 4.69) is 5.32 Å². The summed E-state index contributed by atoms with van der Waals surface area (Å²) in [5.74, 6) is -0.858. The van der Waals surface area contributed by atoms with Gasteiger partial charge in [0, 0.05) is 13.6 Å². The van der Waals surface area contributed by atoms with Crippen LogP contribution >= 0.6 is 23.2 Å². The van der Waals surface area contributed by atoms with E-state index in [4.69, 9.17) is 23.2 Å². The highest BCUT2D eigenvalue weighted by Gasteiger charge is 2.31. The molecule has 0 spiro atoms. The Kier molecular flexibility index (Phi) is 8.95. The molecule has 2 aromatic carbocycles. The lowest BCUT2D eigenvalue weighted by Crippen LogP contribution is -2.51. The lowest BCUT2D eigenvalue weighted by Gasteiger charge is -2.33. The number of amides is 2. The monoisotopic (exact) mass is 499 g/mol. The van der Waals surface area contributed by atoms with Crippen LogP contribution in [0.2, 0.25) is 10.0 Å². The fourth-order valence-corrected chi connectivity index (χ4v) is 4.59. The molecule has 174 valence electrons. The van der Waals surface area contributed by atoms with Gasteiger partial charge in [0.05, 0.1) is 22.0 Å². The summed E-state index contributed by atoms with van der Waals surface area (Å²) < 4.78 is 26.2. The van der Waals surface area contributed by atoms with Crippen LogP contribution in [0.5, 0.6) is 0 Å². The maximum absolute atomic E-state index is 13.4. The normalized spacial score (nSPS) is 12.2. The van der Waals surface area contributed by atoms with E-state index in [0.717, 1.165) is 10.6 Å². The van der Waals surface area contributed by atoms with Gasteiger partial charge < -0.3 is 10.2 Å². The van der Waals surface area contributed by atoms with E-state index >= 15 is 0 Å². The van der Waals surface area contributed by atoms with Gasteiger partial charge in [-0.25, -0.2) is 8.42 Å². The molecule has 1 unspecified atom stereocenters. The molecule has 0 fully saturated rings. The number of rotatable bonds is 9. The SMILES string of the molecule is CCC(C(=O)NC)N(Cc1ccc(Cl)c(Cl)c1)C(=O)CN(c1ccccc1C)S(C)(=O)=O. The molecule has 2 aromatic rings. The third kappa shape index (κ3) is 6.37. The number of nitrogens with zero attached hydrogens (tertiary/aromatic N) is 2. The van der Waals surface area contributed by atoms with Crippen molar-refractivity contribution in [1.29, 1.82) is 0 Å². The zero-order chi connectivity index (χ0) is 24.1. The average Bonchev–Trinajstić information content (AvgIpc) is 2.73. The van der Waals surface area contributed by atoms with E-state index in [-0.39, 0.29) is 12.5 Å². The van der Waals surface area contributed by atoms with Crippen LogP contribution < -0.4 is 9.62 Å². The quantitative estimate of drug-likeness (QED) is 0.570. The number of carbonyl (C=O) groups excluding carboxylic acids is 2. The molecule has 0 radical (unpaired) electrons. The van der Waals surface area contributed by atoms with Crippen LogP contribution in [0.1, 0.15) is 24.5 Å². The first-order chi connectivity index (χ1) is 15.0. The number of likely N-dealkylation sites (N-methyl/N-ethyl adjacent to an activating group) is 1. The van der Waals surface area contributed by atoms with Gasteiger partial charge in [-0.3, -0.25) is 13.9 Å². The maximum Gasteiger partial charge on any atom is 0.244 e. The minimum Gasteiger partial charge on any atom is -0.357 e. The van der Waals surface area contributed by atoms with Gasteiger partial charge in [-0.15, -0.1) is 0 Å². The van der Waals surface area contributed by atoms with E-state index < -0.39 is 28.5 Å². The molecular weight excluding hydrogens is 473 g/mol. The van der Waals surface area contributed by atoms with Crippen LogP contribution in [-0.4, -0.2) is 51.0 Å². The second-order valence-corrected chi connectivity index (χ2v) is 10.1. The van der Waals surface area contributed by atoms with Gasteiger partial charge in [-0.1, -0.05) is 54.4 Å². The van der Waals surface area contributed by atoms with Crippen molar-refractivity contribution in [3.8, 4) is 0 Å². The largest absolute Gasteiger partial charge is 0.357 e. The van der Waals surface area contributed by atoms with E-state index in [1.807, 2.05) is 0 Å². The number of halogens is 2. The molecule has 0 bridgehead atoms. The second-order valence-electron chi connectivity index (χ2n) is 7.36. The molecule has 1 atom stereocenters. The second kappa shape index (κ2) is 11.0. The molecule has 0 heterocycles. The Bertz CT molecular complexity index is 1090. The number of aryl methyl sites for hydroxylation is 1. The third-order valence-corrected chi connectivity index (χ3v) is 6.90. The first-order valence-electron chi connectivity index (χ1n) is 9.97. The Balaban J connectivity index is 2.46. The summed E-state index contributed by atoms with van der Waals surface area (Å²) in [5, 5.41) is 3.26. The number of hydrogen-bond acceptors (Lipinski definition) is 4. The standard InChI is InChI=1S/C22H27Cl2N3O4S/c1-5-19(22(29)25-3)26(13-16-10-11-17(23)18(24)12-16)21(28)14-27(32(4,30)31)20-9-7-6-8-15(20)2/h6-12,19H,5,13-14H2,1-4H3,(H,25,29). The first kappa shape index (κ1) is 26.0. The van der Waals surface area contributed by atoms with Gasteiger partial charge >= 0.3 is 0 Å². The molecule has 0 saturated carbocycles. The summed E-state index contributed by atoms with van der Waals surface area (Å²) in [6, 6.07) is 11.1. The molecule has 0 aliphatic heterocycles. The van der Waals surface area contributed by atoms with Crippen molar-refractivity contribution >= 4 is 50.7 Å². The van der Waals surface area contributed by atoms with Crippen LogP contribution in [0.15, 0.2) is 42.5 Å². The van der Waals surface area contributed by atoms with E-state index in [9.17, 15) is 18.0 Å². The highest BCUT2D eigenvalue weighted by atomic mass is 35.5. The van der Waals surface area contributed by atoms with Crippen LogP contribution in [0.25, 0.3) is 0 Å². The van der Waals surface area contributed by atoms with E-state index in [1.165, 1.54) is 11.9 Å². The molecule has 1 N–H and O–H groups in total. The molecule has 2 rings (SSSR count). The van der Waals surface area contributed by atoms with Gasteiger partial charge in [-0.05, 0) is 42.7 Å². The third-order valence-electron chi connectivity index (χ3n) is 5.03. The topological polar surface area (TPSA) is 86.8 Å². The zero-order valence-electron chi connectivity index (χ0n) is 18.4. The zero-order valence-corrected chi connectivity index (χ0v) is 20.8. The number of nitrogens with one attached hydrogen (secondary N) is 1. The number of sulfonamides is 1. The van der Waals surface area contributed by atoms with Crippen molar-refractivity contribution in [1.82, 2.24) is 10.2 Å². The predicted molar refractivity (Wildman–Crippen MR) is 129 cm³/mol. The Labute approximate surface area is 199 Å². The molecule has 0 saturated heterocycles. The Hall–Kier alpha value is -2.29. The molecule has 0 aliphatic carbocycles. The molecule has 0 aromatic heterocycles. The minimum absolute atomic E-state index is 0.0625. The molecule has 32 heavy (non-hydrogen) atoms. The van der Waals surface area contributed by atoms with Crippen molar-refractivity contribution in [2.75, 3.05) is 24.2 Å². The van der Waals surface area contributed by atoms with Crippen molar-refractivity contribution in [3.63, 3.8) is 0 Å². The van der Waals surface area contributed by atoms with Gasteiger partial charge in [0.2, 0.25) is 21.8 Å². The summed E-state index contributed by atoms with van der Waals surface area (Å²) >= 11 is 12.1. The summed E-state index contributed by atoms with van der Waals surface area (Å²) in [4.78, 5) is 27.3. The lowest BCUT2D eigenvalue weighted by molar-refractivity contribution is -0.140. The smallest absolute Gasteiger partial charge is 0.244 e. The molecular formula is C22H27Cl2N3O4S. The van der Waals surface area contributed by atoms with Gasteiger partial charge in [0.25, 0.3) is 0 Å². The molecule has 7 nitrogen and oxygen atoms in total. The summed E-state index contributed by atoms with van der Waals surface area (Å²) in [5.41, 5.74) is 1.78. The number of carbonyl (C=O) groups is 2. The number of anilines is 1. The van der Waals surface area contributed by atoms with E-state index in [1.54, 1.807) is 56.3 Å². The van der Waals surface area contributed by atoms with Crippen molar-refractivity contribution in [2.45, 2.75) is 32.9 Å². The highest BCUT2D eigenvalue weighted by Crippen LogP contribution is 2.25. The Morgan fingerprint density at radius 3 is 2.28 bits per heavy atom. The Morgan fingerprint density at radius 1 is 1.09 bits per heavy atom. The van der Waals surface area contributed by atoms with Crippen LogP contribution in [-0.2, 0) is 26.2 Å². The van der Waals surface area contributed by atoms with Gasteiger partial charge in [0.1, 0.15) is 12.6 Å². The number of benzene rings is 2. The van der Waals surface area contributed by atoms with Crippen molar-refractivity contribution in [2.24, 2.45) is 0 Å². The molecule has 10 heteroatoms. The van der Waals surface area contributed by atoms with Gasteiger partial charge in [0.15, 0.2) is 0 Å². The summed E-state index contributed by atoms with van der Waals surface area (Å²) in [7, 11) is -2.28. The van der Waals surface area contributed by atoms with Crippen LogP contribution in [0.3, 0.4) is 0 Å². The van der Waals surface area contributed by atoms with Crippen LogP contribution in [0, 0.1) is 6.92 Å². The fraction of sp³-hybridized carbons (Fsp3) is 0.364. The number of hydrogen-bond donors (Lipinski definition) is 1.